The van der Waals surface area contributed by atoms with Gasteiger partial charge in [0.2, 0.25) is 0 Å². The van der Waals surface area contributed by atoms with Crippen molar-refractivity contribution in [2.45, 2.75) is 23.6 Å². The summed E-state index contributed by atoms with van der Waals surface area (Å²) in [6.07, 6.45) is 2.21. The predicted molar refractivity (Wildman–Crippen MR) is 69.1 cm³/mol. The van der Waals surface area contributed by atoms with Crippen molar-refractivity contribution >= 4 is 38.9 Å². The Morgan fingerprint density at radius 3 is 2.88 bits per heavy atom. The molecule has 1 aromatic rings. The molecule has 0 aromatic carbocycles. The maximum atomic E-state index is 10.4. The normalized spacial score (nSPS) is 12.4. The summed E-state index contributed by atoms with van der Waals surface area (Å²) >= 11 is 5.62. The quantitative estimate of drug-likeness (QED) is 0.343. The Bertz CT molecular complexity index is 348. The van der Waals surface area contributed by atoms with Gasteiger partial charge in [-0.1, -0.05) is 17.7 Å². The minimum atomic E-state index is -0.454. The molecule has 0 bridgehead atoms. The van der Waals surface area contributed by atoms with E-state index in [2.05, 4.69) is 11.9 Å². The van der Waals surface area contributed by atoms with Crippen LogP contribution in [0.5, 0.6) is 0 Å². The number of halogens is 1. The summed E-state index contributed by atoms with van der Waals surface area (Å²) < 4.78 is 0. The van der Waals surface area contributed by atoms with Crippen LogP contribution >= 0.6 is 33.2 Å². The first-order chi connectivity index (χ1) is 7.63. The van der Waals surface area contributed by atoms with Crippen LogP contribution in [0.1, 0.15) is 13.3 Å². The van der Waals surface area contributed by atoms with E-state index in [1.165, 1.54) is 23.1 Å². The van der Waals surface area contributed by atoms with E-state index in [4.69, 9.17) is 11.6 Å². The van der Waals surface area contributed by atoms with Crippen LogP contribution in [0.4, 0.5) is 5.69 Å². The molecular formula is C9H11ClN2O2S2. The zero-order valence-corrected chi connectivity index (χ0v) is 11.0. The van der Waals surface area contributed by atoms with E-state index in [-0.39, 0.29) is 5.69 Å². The van der Waals surface area contributed by atoms with Gasteiger partial charge in [0.05, 0.1) is 4.92 Å². The van der Waals surface area contributed by atoms with Crippen LogP contribution in [0.2, 0.25) is 0 Å². The first-order valence-electron chi connectivity index (χ1n) is 4.63. The smallest absolute Gasteiger partial charge is 0.258 e. The third-order valence-corrected chi connectivity index (χ3v) is 4.82. The van der Waals surface area contributed by atoms with Gasteiger partial charge < -0.3 is 0 Å². The summed E-state index contributed by atoms with van der Waals surface area (Å²) in [5, 5.41) is 11.6. The molecule has 1 atom stereocenters. The fourth-order valence-corrected chi connectivity index (χ4v) is 3.39. The maximum absolute atomic E-state index is 10.4. The molecule has 88 valence electrons. The Morgan fingerprint density at radius 1 is 1.62 bits per heavy atom. The molecule has 4 nitrogen and oxygen atoms in total. The van der Waals surface area contributed by atoms with Crippen LogP contribution in [-0.4, -0.2) is 21.0 Å². The Balaban J connectivity index is 2.46. The zero-order chi connectivity index (χ0) is 12.0. The number of hydrogen-bond donors (Lipinski definition) is 0. The summed E-state index contributed by atoms with van der Waals surface area (Å²) in [4.78, 5) is 13.9. The molecule has 0 saturated heterocycles. The van der Waals surface area contributed by atoms with Crippen molar-refractivity contribution in [1.82, 2.24) is 4.98 Å². The molecule has 0 N–H and O–H groups in total. The first kappa shape index (κ1) is 13.6. The second-order valence-electron chi connectivity index (χ2n) is 3.08. The monoisotopic (exact) mass is 278 g/mol. The maximum Gasteiger partial charge on any atom is 0.287 e. The summed E-state index contributed by atoms with van der Waals surface area (Å²) in [6, 6.07) is 3.12. The van der Waals surface area contributed by atoms with E-state index in [1.54, 1.807) is 16.9 Å². The number of alkyl halides is 1. The van der Waals surface area contributed by atoms with Gasteiger partial charge in [0.1, 0.15) is 11.2 Å². The number of aromatic nitrogens is 1. The van der Waals surface area contributed by atoms with E-state index in [0.717, 1.165) is 11.4 Å². The lowest BCUT2D eigenvalue weighted by Crippen LogP contribution is -1.94. The number of hydrogen-bond acceptors (Lipinski definition) is 5. The van der Waals surface area contributed by atoms with E-state index in [0.29, 0.717) is 11.1 Å². The topological polar surface area (TPSA) is 56.0 Å². The highest BCUT2D eigenvalue weighted by molar-refractivity contribution is 8.76. The van der Waals surface area contributed by atoms with Gasteiger partial charge in [-0.15, -0.1) is 11.6 Å². The Kier molecular flexibility index (Phi) is 5.94. The van der Waals surface area contributed by atoms with Crippen molar-refractivity contribution in [1.29, 1.82) is 0 Å². The minimum absolute atomic E-state index is 0.0168. The molecule has 0 aliphatic rings. The highest BCUT2D eigenvalue weighted by Gasteiger charge is 2.07. The molecule has 7 heteroatoms. The van der Waals surface area contributed by atoms with Crippen LogP contribution in [0.15, 0.2) is 23.4 Å². The average molecular weight is 279 g/mol. The molecule has 0 radical (unpaired) electrons. The lowest BCUT2D eigenvalue weighted by Gasteiger charge is -2.06. The zero-order valence-electron chi connectivity index (χ0n) is 8.63. The molecule has 0 aliphatic heterocycles. The van der Waals surface area contributed by atoms with Gasteiger partial charge in [-0.25, -0.2) is 4.98 Å². The van der Waals surface area contributed by atoms with E-state index < -0.39 is 4.92 Å². The van der Waals surface area contributed by atoms with Gasteiger partial charge >= 0.3 is 0 Å². The molecule has 0 fully saturated rings. The highest BCUT2D eigenvalue weighted by atomic mass is 35.5. The van der Waals surface area contributed by atoms with Crippen molar-refractivity contribution in [3.8, 4) is 0 Å². The SMILES string of the molecule is C[C@H](CCCl)SSc1ccc([N+](=O)[O-])cn1. The predicted octanol–water partition coefficient (Wildman–Crippen LogP) is 3.75. The van der Waals surface area contributed by atoms with E-state index >= 15 is 0 Å². The largest absolute Gasteiger partial charge is 0.287 e. The van der Waals surface area contributed by atoms with Gasteiger partial charge in [0.25, 0.3) is 5.69 Å². The van der Waals surface area contributed by atoms with Gasteiger partial charge in [-0.3, -0.25) is 10.1 Å². The third-order valence-electron chi connectivity index (χ3n) is 1.74. The molecule has 16 heavy (non-hydrogen) atoms. The molecule has 0 saturated carbocycles. The molecular weight excluding hydrogens is 268 g/mol. The second-order valence-corrected chi connectivity index (χ2v) is 6.12. The van der Waals surface area contributed by atoms with Crippen LogP contribution in [-0.2, 0) is 0 Å². The number of pyridine rings is 1. The average Bonchev–Trinajstić information content (AvgIpc) is 2.27. The Morgan fingerprint density at radius 2 is 2.38 bits per heavy atom. The second kappa shape index (κ2) is 6.98. The molecule has 0 amide bonds. The van der Waals surface area contributed by atoms with Gasteiger partial charge in [-0.05, 0) is 23.3 Å². The lowest BCUT2D eigenvalue weighted by molar-refractivity contribution is -0.385. The first-order valence-corrected chi connectivity index (χ1v) is 7.38. The summed E-state index contributed by atoms with van der Waals surface area (Å²) in [7, 11) is 3.18. The van der Waals surface area contributed by atoms with Crippen LogP contribution in [0.25, 0.3) is 0 Å². The lowest BCUT2D eigenvalue weighted by atomic mass is 10.4. The summed E-state index contributed by atoms with van der Waals surface area (Å²) in [6.45, 7) is 2.09. The third kappa shape index (κ3) is 4.59. The van der Waals surface area contributed by atoms with Crippen molar-refractivity contribution in [2.75, 3.05) is 5.88 Å². The molecule has 1 rings (SSSR count). The highest BCUT2D eigenvalue weighted by Crippen LogP contribution is 2.34. The fourth-order valence-electron chi connectivity index (χ4n) is 0.863. The van der Waals surface area contributed by atoms with E-state index in [1.807, 2.05) is 0 Å². The summed E-state index contributed by atoms with van der Waals surface area (Å²) in [5.74, 6) is 0.641. The standard InChI is InChI=1S/C9H11ClN2O2S2/c1-7(4-5-10)15-16-9-3-2-8(6-11-9)12(13)14/h2-3,6-7H,4-5H2,1H3/t7-/m1/s1. The van der Waals surface area contributed by atoms with Gasteiger partial charge in [0, 0.05) is 17.2 Å². The van der Waals surface area contributed by atoms with Crippen LogP contribution in [0.3, 0.4) is 0 Å². The molecule has 1 heterocycles. The molecule has 1 aromatic heterocycles. The Labute approximate surface area is 107 Å². The van der Waals surface area contributed by atoms with Crippen LogP contribution in [0, 0.1) is 10.1 Å². The number of nitrogens with zero attached hydrogens (tertiary/aromatic N) is 2. The minimum Gasteiger partial charge on any atom is -0.258 e. The molecule has 0 unspecified atom stereocenters. The van der Waals surface area contributed by atoms with Crippen molar-refractivity contribution in [2.24, 2.45) is 0 Å². The number of nitro groups is 1. The molecule has 0 aliphatic carbocycles. The van der Waals surface area contributed by atoms with Crippen molar-refractivity contribution in [3.63, 3.8) is 0 Å². The van der Waals surface area contributed by atoms with Crippen LogP contribution < -0.4 is 0 Å². The van der Waals surface area contributed by atoms with Crippen molar-refractivity contribution < 1.29 is 4.92 Å². The Hall–Kier alpha value is -0.460. The van der Waals surface area contributed by atoms with E-state index in [9.17, 15) is 10.1 Å². The summed E-state index contributed by atoms with van der Waals surface area (Å²) in [5.41, 5.74) is 0.0168. The fraction of sp³-hybridized carbons (Fsp3) is 0.444. The van der Waals surface area contributed by atoms with Gasteiger partial charge in [0.15, 0.2) is 0 Å². The van der Waals surface area contributed by atoms with Crippen molar-refractivity contribution in [3.05, 3.63) is 28.4 Å². The molecule has 0 spiro atoms. The number of rotatable bonds is 6. The van der Waals surface area contributed by atoms with Gasteiger partial charge in [-0.2, -0.15) is 0 Å².